The highest BCUT2D eigenvalue weighted by Gasteiger charge is 2.05. The van der Waals surface area contributed by atoms with Gasteiger partial charge in [-0.25, -0.2) is 4.68 Å². The Morgan fingerprint density at radius 2 is 2.15 bits per heavy atom. The van der Waals surface area contributed by atoms with Crippen LogP contribution in [-0.2, 0) is 16.0 Å². The average molecular weight is 303 g/mol. The summed E-state index contributed by atoms with van der Waals surface area (Å²) < 4.78 is 12.2. The first-order valence-electron chi connectivity index (χ1n) is 7.04. The molecule has 7 nitrogen and oxygen atoms in total. The maximum atomic E-state index is 5.41. The highest BCUT2D eigenvalue weighted by atomic mass is 32.2. The molecule has 116 valence electrons. The lowest BCUT2D eigenvalue weighted by molar-refractivity contribution is 0.0713. The lowest BCUT2D eigenvalue weighted by Gasteiger charge is -2.05. The Balaban J connectivity index is 2.09. The second-order valence-electron chi connectivity index (χ2n) is 4.24. The third-order valence-corrected chi connectivity index (χ3v) is 3.57. The molecule has 0 aromatic carbocycles. The summed E-state index contributed by atoms with van der Waals surface area (Å²) in [6.07, 6.45) is 2.12. The van der Waals surface area contributed by atoms with E-state index >= 15 is 0 Å². The van der Waals surface area contributed by atoms with E-state index in [1.807, 2.05) is 4.68 Å². The Bertz CT molecular complexity index is 337. The number of tetrazole rings is 1. The van der Waals surface area contributed by atoms with Crippen molar-refractivity contribution < 1.29 is 9.47 Å². The summed E-state index contributed by atoms with van der Waals surface area (Å²) in [5.74, 6) is 0.954. The monoisotopic (exact) mass is 303 g/mol. The van der Waals surface area contributed by atoms with Crippen LogP contribution in [0, 0.1) is 0 Å². The van der Waals surface area contributed by atoms with Gasteiger partial charge in [0.1, 0.15) is 0 Å². The molecule has 0 atom stereocenters. The molecule has 0 aliphatic heterocycles. The molecule has 0 fully saturated rings. The van der Waals surface area contributed by atoms with Gasteiger partial charge in [0.2, 0.25) is 5.16 Å². The predicted molar refractivity (Wildman–Crippen MR) is 79.0 cm³/mol. The van der Waals surface area contributed by atoms with Gasteiger partial charge in [-0.05, 0) is 29.8 Å². The number of nitrogens with one attached hydrogen (secondary N) is 1. The molecular formula is C12H25N5O2S. The minimum atomic E-state index is 0.649. The van der Waals surface area contributed by atoms with E-state index in [1.54, 1.807) is 18.9 Å². The van der Waals surface area contributed by atoms with Gasteiger partial charge in [-0.15, -0.1) is 5.10 Å². The Kier molecular flexibility index (Phi) is 10.5. The topological polar surface area (TPSA) is 74.1 Å². The Hall–Kier alpha value is -0.700. The van der Waals surface area contributed by atoms with Crippen LogP contribution in [0.4, 0.5) is 0 Å². The molecule has 1 aromatic rings. The van der Waals surface area contributed by atoms with Crippen LogP contribution in [0.2, 0.25) is 0 Å². The summed E-state index contributed by atoms with van der Waals surface area (Å²) in [6.45, 7) is 6.93. The zero-order chi connectivity index (χ0) is 14.5. The van der Waals surface area contributed by atoms with Crippen molar-refractivity contribution >= 4 is 11.8 Å². The van der Waals surface area contributed by atoms with E-state index in [0.717, 1.165) is 50.0 Å². The first-order valence-corrected chi connectivity index (χ1v) is 8.03. The van der Waals surface area contributed by atoms with Crippen LogP contribution in [0.25, 0.3) is 0 Å². The SMILES string of the molecule is CCCNCCn1nnnc1SCCCOCCOC. The van der Waals surface area contributed by atoms with Crippen molar-refractivity contribution in [2.24, 2.45) is 0 Å². The third kappa shape index (κ3) is 7.78. The average Bonchev–Trinajstić information content (AvgIpc) is 2.90. The minimum Gasteiger partial charge on any atom is -0.382 e. The summed E-state index contributed by atoms with van der Waals surface area (Å²) in [5.41, 5.74) is 0. The summed E-state index contributed by atoms with van der Waals surface area (Å²) in [6, 6.07) is 0. The molecule has 1 rings (SSSR count). The van der Waals surface area contributed by atoms with Gasteiger partial charge in [0, 0.05) is 26.0 Å². The van der Waals surface area contributed by atoms with Crippen LogP contribution >= 0.6 is 11.8 Å². The van der Waals surface area contributed by atoms with E-state index in [2.05, 4.69) is 27.8 Å². The molecule has 0 spiro atoms. The van der Waals surface area contributed by atoms with Gasteiger partial charge >= 0.3 is 0 Å². The van der Waals surface area contributed by atoms with Gasteiger partial charge < -0.3 is 14.8 Å². The summed E-state index contributed by atoms with van der Waals surface area (Å²) in [4.78, 5) is 0. The smallest absolute Gasteiger partial charge is 0.209 e. The molecule has 1 N–H and O–H groups in total. The number of rotatable bonds is 13. The number of aromatic nitrogens is 4. The summed E-state index contributed by atoms with van der Waals surface area (Å²) in [5, 5.41) is 16.0. The minimum absolute atomic E-state index is 0.649. The van der Waals surface area contributed by atoms with Crippen LogP contribution in [-0.4, -0.2) is 66.0 Å². The van der Waals surface area contributed by atoms with E-state index in [4.69, 9.17) is 9.47 Å². The molecule has 0 aliphatic rings. The number of methoxy groups -OCH3 is 1. The molecule has 0 amide bonds. The fourth-order valence-corrected chi connectivity index (χ4v) is 2.31. The maximum absolute atomic E-state index is 5.41. The Morgan fingerprint density at radius 3 is 2.95 bits per heavy atom. The Labute approximate surface area is 124 Å². The van der Waals surface area contributed by atoms with E-state index in [0.29, 0.717) is 13.2 Å². The molecule has 1 aromatic heterocycles. The van der Waals surface area contributed by atoms with Crippen molar-refractivity contribution in [2.45, 2.75) is 31.5 Å². The van der Waals surface area contributed by atoms with Gasteiger partial charge in [0.15, 0.2) is 0 Å². The Morgan fingerprint density at radius 1 is 1.25 bits per heavy atom. The summed E-state index contributed by atoms with van der Waals surface area (Å²) >= 11 is 1.67. The normalized spacial score (nSPS) is 11.1. The van der Waals surface area contributed by atoms with Crippen molar-refractivity contribution in [3.05, 3.63) is 0 Å². The van der Waals surface area contributed by atoms with Crippen LogP contribution in [0.5, 0.6) is 0 Å². The molecule has 0 aliphatic carbocycles. The molecule has 0 saturated heterocycles. The number of nitrogens with zero attached hydrogens (tertiary/aromatic N) is 4. The van der Waals surface area contributed by atoms with E-state index in [1.165, 1.54) is 0 Å². The lowest BCUT2D eigenvalue weighted by atomic mass is 10.5. The lowest BCUT2D eigenvalue weighted by Crippen LogP contribution is -2.21. The molecule has 8 heteroatoms. The molecule has 0 saturated carbocycles. The molecular weight excluding hydrogens is 278 g/mol. The molecule has 0 bridgehead atoms. The van der Waals surface area contributed by atoms with Crippen molar-refractivity contribution in [3.8, 4) is 0 Å². The number of ether oxygens (including phenoxy) is 2. The molecule has 0 radical (unpaired) electrons. The predicted octanol–water partition coefficient (Wildman–Crippen LogP) is 0.818. The van der Waals surface area contributed by atoms with Gasteiger partial charge in [-0.2, -0.15) is 0 Å². The maximum Gasteiger partial charge on any atom is 0.209 e. The van der Waals surface area contributed by atoms with Crippen molar-refractivity contribution in [2.75, 3.05) is 45.8 Å². The second kappa shape index (κ2) is 12.1. The number of hydrogen-bond donors (Lipinski definition) is 1. The van der Waals surface area contributed by atoms with Crippen molar-refractivity contribution in [1.82, 2.24) is 25.5 Å². The van der Waals surface area contributed by atoms with E-state index < -0.39 is 0 Å². The van der Waals surface area contributed by atoms with Crippen molar-refractivity contribution in [1.29, 1.82) is 0 Å². The van der Waals surface area contributed by atoms with Crippen LogP contribution in [0.15, 0.2) is 5.16 Å². The number of hydrogen-bond acceptors (Lipinski definition) is 7. The highest BCUT2D eigenvalue weighted by molar-refractivity contribution is 7.99. The van der Waals surface area contributed by atoms with Gasteiger partial charge in [0.05, 0.1) is 19.8 Å². The standard InChI is InChI=1S/C12H25N5O2S/c1-3-5-13-6-7-17-12(14-15-16-17)20-11-4-8-19-10-9-18-2/h13H,3-11H2,1-2H3. The zero-order valence-electron chi connectivity index (χ0n) is 12.4. The molecule has 0 unspecified atom stereocenters. The van der Waals surface area contributed by atoms with Gasteiger partial charge in [0.25, 0.3) is 0 Å². The van der Waals surface area contributed by atoms with E-state index in [-0.39, 0.29) is 0 Å². The fourth-order valence-electron chi connectivity index (χ4n) is 1.50. The first kappa shape index (κ1) is 17.4. The van der Waals surface area contributed by atoms with Gasteiger partial charge in [-0.3, -0.25) is 0 Å². The summed E-state index contributed by atoms with van der Waals surface area (Å²) in [7, 11) is 1.68. The second-order valence-corrected chi connectivity index (χ2v) is 5.30. The molecule has 1 heterocycles. The van der Waals surface area contributed by atoms with Crippen LogP contribution in [0.1, 0.15) is 19.8 Å². The van der Waals surface area contributed by atoms with Gasteiger partial charge in [-0.1, -0.05) is 18.7 Å². The number of thioether (sulfide) groups is 1. The van der Waals surface area contributed by atoms with E-state index in [9.17, 15) is 0 Å². The highest BCUT2D eigenvalue weighted by Crippen LogP contribution is 2.14. The zero-order valence-corrected chi connectivity index (χ0v) is 13.2. The third-order valence-electron chi connectivity index (χ3n) is 2.52. The van der Waals surface area contributed by atoms with Crippen LogP contribution in [0.3, 0.4) is 0 Å². The molecule has 20 heavy (non-hydrogen) atoms. The van der Waals surface area contributed by atoms with Crippen LogP contribution < -0.4 is 5.32 Å². The fraction of sp³-hybridized carbons (Fsp3) is 0.917. The largest absolute Gasteiger partial charge is 0.382 e. The van der Waals surface area contributed by atoms with Crippen molar-refractivity contribution in [3.63, 3.8) is 0 Å². The first-order chi connectivity index (χ1) is 9.88. The quantitative estimate of drug-likeness (QED) is 0.427.